The fourth-order valence-corrected chi connectivity index (χ4v) is 2.74. The van der Waals surface area contributed by atoms with Crippen LogP contribution in [0.1, 0.15) is 60.3 Å². The van der Waals surface area contributed by atoms with E-state index in [2.05, 4.69) is 39.9 Å². The van der Waals surface area contributed by atoms with Crippen LogP contribution in [0.4, 0.5) is 0 Å². The third kappa shape index (κ3) is 4.59. The highest BCUT2D eigenvalue weighted by atomic mass is 16.5. The lowest BCUT2D eigenvalue weighted by molar-refractivity contribution is 0.0789. The molecule has 0 heterocycles. The minimum absolute atomic E-state index is 0.442. The van der Waals surface area contributed by atoms with E-state index in [1.807, 2.05) is 0 Å². The highest BCUT2D eigenvalue weighted by molar-refractivity contribution is 4.90. The molecule has 17 heavy (non-hydrogen) atoms. The molecule has 0 bridgehead atoms. The monoisotopic (exact) mass is 241 g/mol. The first-order valence-electron chi connectivity index (χ1n) is 7.31. The summed E-state index contributed by atoms with van der Waals surface area (Å²) in [7, 11) is 0. The van der Waals surface area contributed by atoms with E-state index in [1.54, 1.807) is 0 Å². The van der Waals surface area contributed by atoms with Gasteiger partial charge < -0.3 is 10.1 Å². The van der Waals surface area contributed by atoms with Crippen molar-refractivity contribution in [2.45, 2.75) is 72.4 Å². The number of ether oxygens (including phenoxy) is 1. The highest BCUT2D eigenvalue weighted by Crippen LogP contribution is 2.35. The maximum atomic E-state index is 5.60. The molecule has 0 saturated heterocycles. The lowest BCUT2D eigenvalue weighted by Crippen LogP contribution is -2.51. The Kier molecular flexibility index (Phi) is 5.94. The van der Waals surface area contributed by atoms with E-state index < -0.39 is 0 Å². The van der Waals surface area contributed by atoms with Crippen LogP contribution in [0.5, 0.6) is 0 Å². The second-order valence-corrected chi connectivity index (χ2v) is 6.46. The normalized spacial score (nSPS) is 26.1. The Bertz CT molecular complexity index is 213. The van der Waals surface area contributed by atoms with E-state index in [1.165, 1.54) is 25.7 Å². The quantitative estimate of drug-likeness (QED) is 0.767. The molecule has 0 aromatic rings. The van der Waals surface area contributed by atoms with Gasteiger partial charge >= 0.3 is 0 Å². The highest BCUT2D eigenvalue weighted by Gasteiger charge is 2.33. The lowest BCUT2D eigenvalue weighted by atomic mass is 9.73. The van der Waals surface area contributed by atoms with E-state index in [0.717, 1.165) is 13.2 Å². The average molecular weight is 241 g/mol. The molecular formula is C15H31NO. The maximum Gasteiger partial charge on any atom is 0.0622 e. The van der Waals surface area contributed by atoms with Crippen molar-refractivity contribution in [3.63, 3.8) is 0 Å². The molecule has 2 atom stereocenters. The zero-order valence-corrected chi connectivity index (χ0v) is 12.4. The molecule has 1 fully saturated rings. The van der Waals surface area contributed by atoms with Crippen molar-refractivity contribution in [3.8, 4) is 0 Å². The van der Waals surface area contributed by atoms with Gasteiger partial charge in [-0.2, -0.15) is 0 Å². The molecule has 0 amide bonds. The van der Waals surface area contributed by atoms with Crippen LogP contribution in [0, 0.1) is 11.3 Å². The summed E-state index contributed by atoms with van der Waals surface area (Å²) in [6, 6.07) is 1.15. The molecule has 102 valence electrons. The van der Waals surface area contributed by atoms with Crippen molar-refractivity contribution in [3.05, 3.63) is 0 Å². The van der Waals surface area contributed by atoms with Crippen LogP contribution in [-0.2, 0) is 4.74 Å². The van der Waals surface area contributed by atoms with Gasteiger partial charge in [-0.1, -0.05) is 40.5 Å². The number of hydrogen-bond acceptors (Lipinski definition) is 2. The minimum Gasteiger partial charge on any atom is -0.380 e. The van der Waals surface area contributed by atoms with Crippen LogP contribution in [0.15, 0.2) is 0 Å². The Hall–Kier alpha value is -0.0800. The summed E-state index contributed by atoms with van der Waals surface area (Å²) >= 11 is 0. The van der Waals surface area contributed by atoms with Gasteiger partial charge in [0.05, 0.1) is 6.61 Å². The summed E-state index contributed by atoms with van der Waals surface area (Å²) in [5, 5.41) is 3.86. The average Bonchev–Trinajstić information content (AvgIpc) is 2.25. The first-order valence-corrected chi connectivity index (χ1v) is 7.31. The predicted molar refractivity (Wildman–Crippen MR) is 74.3 cm³/mol. The molecule has 2 nitrogen and oxygen atoms in total. The molecule has 2 unspecified atom stereocenters. The number of rotatable bonds is 6. The smallest absolute Gasteiger partial charge is 0.0622 e. The number of hydrogen-bond donors (Lipinski definition) is 1. The Morgan fingerprint density at radius 1 is 1.29 bits per heavy atom. The van der Waals surface area contributed by atoms with Gasteiger partial charge in [0.1, 0.15) is 0 Å². The maximum absolute atomic E-state index is 5.60. The van der Waals surface area contributed by atoms with E-state index >= 15 is 0 Å². The molecule has 1 saturated carbocycles. The van der Waals surface area contributed by atoms with Gasteiger partial charge in [0.25, 0.3) is 0 Å². The zero-order chi connectivity index (χ0) is 12.9. The summed E-state index contributed by atoms with van der Waals surface area (Å²) in [6.45, 7) is 13.1. The van der Waals surface area contributed by atoms with Crippen molar-refractivity contribution >= 4 is 0 Å². The van der Waals surface area contributed by atoms with Gasteiger partial charge in [0.2, 0.25) is 0 Å². The van der Waals surface area contributed by atoms with E-state index in [4.69, 9.17) is 4.74 Å². The standard InChI is InChI=1S/C15H31NO/c1-6-17-11-13(12(2)3)16-14-9-7-8-10-15(14,4)5/h12-14,16H,6-11H2,1-5H3. The van der Waals surface area contributed by atoms with Crippen LogP contribution < -0.4 is 5.32 Å². The molecule has 0 aromatic heterocycles. The SMILES string of the molecule is CCOCC(NC1CCCCC1(C)C)C(C)C. The fourth-order valence-electron chi connectivity index (χ4n) is 2.74. The Morgan fingerprint density at radius 3 is 2.53 bits per heavy atom. The molecule has 1 rings (SSSR count). The third-order valence-corrected chi connectivity index (χ3v) is 4.23. The summed E-state index contributed by atoms with van der Waals surface area (Å²) in [5.74, 6) is 0.638. The van der Waals surface area contributed by atoms with Gasteiger partial charge in [-0.15, -0.1) is 0 Å². The molecule has 0 radical (unpaired) electrons. The Labute approximate surface area is 108 Å². The van der Waals surface area contributed by atoms with Crippen molar-refractivity contribution < 1.29 is 4.74 Å². The molecular weight excluding hydrogens is 210 g/mol. The van der Waals surface area contributed by atoms with Gasteiger partial charge in [0, 0.05) is 18.7 Å². The molecule has 1 aliphatic rings. The molecule has 1 N–H and O–H groups in total. The van der Waals surface area contributed by atoms with Crippen LogP contribution in [0.25, 0.3) is 0 Å². The van der Waals surface area contributed by atoms with Crippen LogP contribution >= 0.6 is 0 Å². The molecule has 0 spiro atoms. The summed E-state index contributed by atoms with van der Waals surface area (Å²) < 4.78 is 5.60. The minimum atomic E-state index is 0.442. The molecule has 0 aromatic carbocycles. The van der Waals surface area contributed by atoms with Crippen molar-refractivity contribution in [2.24, 2.45) is 11.3 Å². The first kappa shape index (κ1) is 15.0. The van der Waals surface area contributed by atoms with E-state index in [9.17, 15) is 0 Å². The topological polar surface area (TPSA) is 21.3 Å². The fraction of sp³-hybridized carbons (Fsp3) is 1.00. The first-order chi connectivity index (χ1) is 7.97. The Balaban J connectivity index is 2.52. The van der Waals surface area contributed by atoms with Gasteiger partial charge in [-0.3, -0.25) is 0 Å². The van der Waals surface area contributed by atoms with Gasteiger partial charge in [0.15, 0.2) is 0 Å². The summed E-state index contributed by atoms with van der Waals surface area (Å²) in [4.78, 5) is 0. The third-order valence-electron chi connectivity index (χ3n) is 4.23. The zero-order valence-electron chi connectivity index (χ0n) is 12.4. The molecule has 2 heteroatoms. The summed E-state index contributed by atoms with van der Waals surface area (Å²) in [6.07, 6.45) is 5.44. The van der Waals surface area contributed by atoms with Crippen molar-refractivity contribution in [1.82, 2.24) is 5.32 Å². The Morgan fingerprint density at radius 2 is 2.00 bits per heavy atom. The largest absolute Gasteiger partial charge is 0.380 e. The van der Waals surface area contributed by atoms with E-state index in [-0.39, 0.29) is 0 Å². The van der Waals surface area contributed by atoms with E-state index in [0.29, 0.717) is 23.4 Å². The predicted octanol–water partition coefficient (Wildman–Crippen LogP) is 3.61. The molecule has 0 aliphatic heterocycles. The van der Waals surface area contributed by atoms with Gasteiger partial charge in [-0.25, -0.2) is 0 Å². The van der Waals surface area contributed by atoms with Crippen molar-refractivity contribution in [1.29, 1.82) is 0 Å². The van der Waals surface area contributed by atoms with Crippen LogP contribution in [0.2, 0.25) is 0 Å². The second kappa shape index (κ2) is 6.75. The summed E-state index contributed by atoms with van der Waals surface area (Å²) in [5.41, 5.74) is 0.442. The lowest BCUT2D eigenvalue weighted by Gasteiger charge is -2.42. The van der Waals surface area contributed by atoms with Crippen LogP contribution in [0.3, 0.4) is 0 Å². The number of nitrogens with one attached hydrogen (secondary N) is 1. The van der Waals surface area contributed by atoms with Crippen LogP contribution in [-0.4, -0.2) is 25.3 Å². The van der Waals surface area contributed by atoms with Crippen molar-refractivity contribution in [2.75, 3.05) is 13.2 Å². The molecule has 1 aliphatic carbocycles. The van der Waals surface area contributed by atoms with Gasteiger partial charge in [-0.05, 0) is 31.1 Å². The second-order valence-electron chi connectivity index (χ2n) is 6.46.